The minimum Gasteiger partial charge on any atom is -0.369 e. The Hall–Kier alpha value is -2.42. The normalized spacial score (nSPS) is 18.5. The van der Waals surface area contributed by atoms with Crippen LogP contribution in [0.5, 0.6) is 0 Å². The van der Waals surface area contributed by atoms with Gasteiger partial charge in [-0.25, -0.2) is 4.79 Å². The molecule has 2 rings (SSSR count). The smallest absolute Gasteiger partial charge is 0.325 e. The van der Waals surface area contributed by atoms with Gasteiger partial charge in [0.05, 0.1) is 12.5 Å². The maximum atomic E-state index is 12.2. The summed E-state index contributed by atoms with van der Waals surface area (Å²) in [5.41, 5.74) is 4.58. The van der Waals surface area contributed by atoms with Gasteiger partial charge in [0, 0.05) is 24.8 Å². The molecule has 1 saturated heterocycles. The second kappa shape index (κ2) is 7.73. The van der Waals surface area contributed by atoms with Gasteiger partial charge in [-0.05, 0) is 25.8 Å². The Bertz CT molecular complexity index is 680. The first-order valence-electron chi connectivity index (χ1n) is 7.55. The number of aromatic nitrogens is 2. The average Bonchev–Trinajstić information content (AvgIpc) is 2.49. The molecule has 1 aromatic heterocycles. The van der Waals surface area contributed by atoms with E-state index in [4.69, 9.17) is 5.73 Å². The van der Waals surface area contributed by atoms with Gasteiger partial charge in [0.15, 0.2) is 0 Å². The lowest BCUT2D eigenvalue weighted by Gasteiger charge is -2.30. The van der Waals surface area contributed by atoms with Crippen molar-refractivity contribution in [1.82, 2.24) is 20.2 Å². The van der Waals surface area contributed by atoms with Crippen molar-refractivity contribution in [3.63, 3.8) is 0 Å². The summed E-state index contributed by atoms with van der Waals surface area (Å²) in [5, 5.41) is 2.79. The van der Waals surface area contributed by atoms with E-state index in [1.54, 1.807) is 0 Å². The van der Waals surface area contributed by atoms with E-state index in [0.29, 0.717) is 25.1 Å². The van der Waals surface area contributed by atoms with E-state index in [1.807, 2.05) is 4.90 Å². The van der Waals surface area contributed by atoms with Gasteiger partial charge in [0.2, 0.25) is 11.8 Å². The summed E-state index contributed by atoms with van der Waals surface area (Å²) in [7, 11) is 0. The van der Waals surface area contributed by atoms with Crippen LogP contribution in [0.25, 0.3) is 0 Å². The third-order valence-electron chi connectivity index (χ3n) is 3.85. The molecule has 0 spiro atoms. The van der Waals surface area contributed by atoms with Crippen LogP contribution in [0.2, 0.25) is 0 Å². The number of nitrogens with zero attached hydrogens (tertiary/aromatic N) is 1. The van der Waals surface area contributed by atoms with Crippen LogP contribution >= 0.6 is 0 Å². The molecule has 1 aliphatic heterocycles. The van der Waals surface area contributed by atoms with Gasteiger partial charge >= 0.3 is 5.69 Å². The van der Waals surface area contributed by atoms with Crippen LogP contribution in [0.4, 0.5) is 0 Å². The molecule has 0 unspecified atom stereocenters. The van der Waals surface area contributed by atoms with E-state index < -0.39 is 17.2 Å². The number of carbonyl (C=O) groups excluding carboxylic acids is 2. The number of primary amides is 1. The zero-order valence-electron chi connectivity index (χ0n) is 12.8. The van der Waals surface area contributed by atoms with Crippen LogP contribution in [0.3, 0.4) is 0 Å². The third-order valence-corrected chi connectivity index (χ3v) is 3.85. The number of amides is 2. The molecule has 126 valence electrons. The number of rotatable bonds is 6. The molecule has 9 nitrogen and oxygen atoms in total. The summed E-state index contributed by atoms with van der Waals surface area (Å²) in [6, 6.07) is 0. The number of piperidine rings is 1. The molecule has 5 N–H and O–H groups in total. The fraction of sp³-hybridized carbons (Fsp3) is 0.571. The Labute approximate surface area is 132 Å². The number of aromatic amines is 2. The summed E-state index contributed by atoms with van der Waals surface area (Å²) < 4.78 is 0. The Balaban J connectivity index is 1.81. The zero-order chi connectivity index (χ0) is 16.8. The molecular weight excluding hydrogens is 302 g/mol. The van der Waals surface area contributed by atoms with Gasteiger partial charge in [0.25, 0.3) is 5.56 Å². The molecule has 1 aliphatic rings. The standard InChI is InChI=1S/C14H21N5O4/c15-11(20)8-19-5-1-2-10(7-19)12(21)16-4-3-9-6-17-14(23)18-13(9)22/h6,10H,1-5,7-8H2,(H2,15,20)(H,16,21)(H2,17,18,22,23)/t10-/m0/s1. The largest absolute Gasteiger partial charge is 0.369 e. The van der Waals surface area contributed by atoms with Crippen molar-refractivity contribution in [2.24, 2.45) is 11.7 Å². The monoisotopic (exact) mass is 323 g/mol. The fourth-order valence-electron chi connectivity index (χ4n) is 2.72. The average molecular weight is 323 g/mol. The second-order valence-electron chi connectivity index (χ2n) is 5.68. The fourth-order valence-corrected chi connectivity index (χ4v) is 2.72. The molecule has 0 saturated carbocycles. The number of nitrogens with one attached hydrogen (secondary N) is 3. The highest BCUT2D eigenvalue weighted by Crippen LogP contribution is 2.16. The lowest BCUT2D eigenvalue weighted by Crippen LogP contribution is -2.46. The Kier molecular flexibility index (Phi) is 5.69. The van der Waals surface area contributed by atoms with Crippen molar-refractivity contribution in [1.29, 1.82) is 0 Å². The van der Waals surface area contributed by atoms with Gasteiger partial charge in [-0.2, -0.15) is 0 Å². The Morgan fingerprint density at radius 2 is 2.17 bits per heavy atom. The van der Waals surface area contributed by atoms with Crippen molar-refractivity contribution in [2.45, 2.75) is 19.3 Å². The molecule has 0 aromatic carbocycles. The zero-order valence-corrected chi connectivity index (χ0v) is 12.8. The molecule has 2 heterocycles. The molecule has 23 heavy (non-hydrogen) atoms. The van der Waals surface area contributed by atoms with Gasteiger partial charge in [0.1, 0.15) is 0 Å². The number of carbonyl (C=O) groups is 2. The highest BCUT2D eigenvalue weighted by atomic mass is 16.2. The number of H-pyrrole nitrogens is 2. The second-order valence-corrected chi connectivity index (χ2v) is 5.68. The molecule has 0 aliphatic carbocycles. The molecule has 1 atom stereocenters. The lowest BCUT2D eigenvalue weighted by molar-refractivity contribution is -0.128. The van der Waals surface area contributed by atoms with Crippen molar-refractivity contribution < 1.29 is 9.59 Å². The lowest BCUT2D eigenvalue weighted by atomic mass is 9.97. The summed E-state index contributed by atoms with van der Waals surface area (Å²) in [4.78, 5) is 52.0. The molecular formula is C14H21N5O4. The van der Waals surface area contributed by atoms with Crippen LogP contribution in [0, 0.1) is 5.92 Å². The number of hydrogen-bond acceptors (Lipinski definition) is 5. The van der Waals surface area contributed by atoms with E-state index in [1.165, 1.54) is 6.20 Å². The molecule has 2 amide bonds. The minimum atomic E-state index is -0.556. The third kappa shape index (κ3) is 5.06. The van der Waals surface area contributed by atoms with Crippen LogP contribution in [0.1, 0.15) is 18.4 Å². The first kappa shape index (κ1) is 16.9. The summed E-state index contributed by atoms with van der Waals surface area (Å²) >= 11 is 0. The molecule has 0 radical (unpaired) electrons. The van der Waals surface area contributed by atoms with Crippen molar-refractivity contribution in [3.05, 3.63) is 32.6 Å². The van der Waals surface area contributed by atoms with E-state index in [0.717, 1.165) is 19.4 Å². The van der Waals surface area contributed by atoms with Gasteiger partial charge in [-0.15, -0.1) is 0 Å². The number of likely N-dealkylation sites (tertiary alicyclic amines) is 1. The van der Waals surface area contributed by atoms with Crippen LogP contribution in [0.15, 0.2) is 15.8 Å². The Morgan fingerprint density at radius 1 is 1.39 bits per heavy atom. The topological polar surface area (TPSA) is 141 Å². The van der Waals surface area contributed by atoms with Crippen molar-refractivity contribution in [2.75, 3.05) is 26.2 Å². The maximum Gasteiger partial charge on any atom is 0.325 e. The van der Waals surface area contributed by atoms with Crippen LogP contribution in [-0.4, -0.2) is 52.9 Å². The van der Waals surface area contributed by atoms with E-state index in [9.17, 15) is 19.2 Å². The summed E-state index contributed by atoms with van der Waals surface area (Å²) in [6.45, 7) is 1.74. The quantitative estimate of drug-likeness (QED) is 0.475. The van der Waals surface area contributed by atoms with E-state index in [-0.39, 0.29) is 18.4 Å². The van der Waals surface area contributed by atoms with Gasteiger partial charge in [-0.3, -0.25) is 24.3 Å². The predicted octanol–water partition coefficient (Wildman–Crippen LogP) is -2.08. The number of hydrogen-bond donors (Lipinski definition) is 4. The van der Waals surface area contributed by atoms with Gasteiger partial charge < -0.3 is 16.0 Å². The molecule has 0 bridgehead atoms. The molecule has 9 heteroatoms. The first-order chi connectivity index (χ1) is 11.0. The summed E-state index contributed by atoms with van der Waals surface area (Å²) in [6.07, 6.45) is 3.28. The highest BCUT2D eigenvalue weighted by Gasteiger charge is 2.26. The maximum absolute atomic E-state index is 12.2. The first-order valence-corrected chi connectivity index (χ1v) is 7.55. The van der Waals surface area contributed by atoms with Crippen molar-refractivity contribution >= 4 is 11.8 Å². The SMILES string of the molecule is NC(=O)CN1CCC[C@H](C(=O)NCCc2c[nH]c(=O)[nH]c2=O)C1. The van der Waals surface area contributed by atoms with Crippen LogP contribution < -0.4 is 22.3 Å². The molecule has 1 aromatic rings. The highest BCUT2D eigenvalue weighted by molar-refractivity contribution is 5.79. The van der Waals surface area contributed by atoms with Crippen LogP contribution in [-0.2, 0) is 16.0 Å². The predicted molar refractivity (Wildman–Crippen MR) is 82.8 cm³/mol. The van der Waals surface area contributed by atoms with E-state index >= 15 is 0 Å². The summed E-state index contributed by atoms with van der Waals surface area (Å²) in [5.74, 6) is -0.680. The van der Waals surface area contributed by atoms with E-state index in [2.05, 4.69) is 15.3 Å². The Morgan fingerprint density at radius 3 is 2.87 bits per heavy atom. The van der Waals surface area contributed by atoms with Gasteiger partial charge in [-0.1, -0.05) is 0 Å². The van der Waals surface area contributed by atoms with Crippen molar-refractivity contribution in [3.8, 4) is 0 Å². The minimum absolute atomic E-state index is 0.0972. The number of nitrogens with two attached hydrogens (primary N) is 1. The molecule has 1 fully saturated rings.